The summed E-state index contributed by atoms with van der Waals surface area (Å²) < 4.78 is 0. The number of anilines is 1. The monoisotopic (exact) mass is 376 g/mol. The van der Waals surface area contributed by atoms with Gasteiger partial charge in [0, 0.05) is 31.9 Å². The molecule has 1 amide bonds. The Hall–Kier alpha value is -2.82. The fourth-order valence-electron chi connectivity index (χ4n) is 3.93. The van der Waals surface area contributed by atoms with Crippen molar-refractivity contribution in [2.45, 2.75) is 32.2 Å². The molecule has 28 heavy (non-hydrogen) atoms. The summed E-state index contributed by atoms with van der Waals surface area (Å²) in [5.41, 5.74) is 3.62. The number of carbonyl (C=O) groups is 1. The van der Waals surface area contributed by atoms with Crippen LogP contribution in [0.3, 0.4) is 0 Å². The van der Waals surface area contributed by atoms with Gasteiger partial charge in [0.05, 0.1) is 0 Å². The minimum absolute atomic E-state index is 0.0962. The molecule has 2 heterocycles. The Bertz CT molecular complexity index is 828. The van der Waals surface area contributed by atoms with Crippen molar-refractivity contribution in [1.82, 2.24) is 9.80 Å². The van der Waals surface area contributed by atoms with Gasteiger partial charge in [-0.1, -0.05) is 42.5 Å². The Morgan fingerprint density at radius 2 is 1.57 bits per heavy atom. The quantitative estimate of drug-likeness (QED) is 0.659. The van der Waals surface area contributed by atoms with E-state index in [4.69, 9.17) is 4.99 Å². The molecule has 2 aliphatic rings. The van der Waals surface area contributed by atoms with E-state index >= 15 is 0 Å². The van der Waals surface area contributed by atoms with Gasteiger partial charge in [-0.05, 0) is 48.9 Å². The lowest BCUT2D eigenvalue weighted by Gasteiger charge is -2.31. The van der Waals surface area contributed by atoms with Crippen LogP contribution in [-0.2, 0) is 17.8 Å². The maximum absolute atomic E-state index is 12.8. The number of hydrogen-bond acceptors (Lipinski definition) is 2. The number of rotatable bonds is 3. The molecule has 2 aliphatic heterocycles. The number of nitrogens with zero attached hydrogens (tertiary/aromatic N) is 3. The lowest BCUT2D eigenvalue weighted by atomic mass is 10.00. The molecule has 0 bridgehead atoms. The van der Waals surface area contributed by atoms with E-state index in [1.54, 1.807) is 0 Å². The zero-order valence-electron chi connectivity index (χ0n) is 16.3. The summed E-state index contributed by atoms with van der Waals surface area (Å²) >= 11 is 0. The van der Waals surface area contributed by atoms with Crippen LogP contribution < -0.4 is 5.32 Å². The van der Waals surface area contributed by atoms with Crippen molar-refractivity contribution >= 4 is 17.6 Å². The molecule has 0 spiro atoms. The molecule has 0 aromatic heterocycles. The predicted molar refractivity (Wildman–Crippen MR) is 113 cm³/mol. The van der Waals surface area contributed by atoms with E-state index in [1.807, 2.05) is 41.3 Å². The SMILES string of the molecule is O=C(CN=C(Nc1ccccc1)N1CCCCC1)N1CCc2ccccc2C1. The number of likely N-dealkylation sites (tertiary alicyclic amines) is 1. The summed E-state index contributed by atoms with van der Waals surface area (Å²) in [4.78, 5) is 21.7. The lowest BCUT2D eigenvalue weighted by Crippen LogP contribution is -2.42. The minimum atomic E-state index is 0.0962. The molecule has 5 nitrogen and oxygen atoms in total. The molecule has 1 fully saturated rings. The number of fused-ring (bicyclic) bond motifs is 1. The van der Waals surface area contributed by atoms with E-state index in [1.165, 1.54) is 30.4 Å². The maximum atomic E-state index is 12.8. The van der Waals surface area contributed by atoms with Crippen LogP contribution in [0.2, 0.25) is 0 Å². The lowest BCUT2D eigenvalue weighted by molar-refractivity contribution is -0.130. The second-order valence-corrected chi connectivity index (χ2v) is 7.51. The molecule has 0 saturated carbocycles. The van der Waals surface area contributed by atoms with Gasteiger partial charge in [-0.3, -0.25) is 4.79 Å². The topological polar surface area (TPSA) is 47.9 Å². The molecule has 0 unspecified atom stereocenters. The fourth-order valence-corrected chi connectivity index (χ4v) is 3.93. The van der Waals surface area contributed by atoms with Crippen LogP contribution in [0.1, 0.15) is 30.4 Å². The highest BCUT2D eigenvalue weighted by atomic mass is 16.2. The number of hydrogen-bond donors (Lipinski definition) is 1. The summed E-state index contributed by atoms with van der Waals surface area (Å²) in [6.07, 6.45) is 4.53. The van der Waals surface area contributed by atoms with Crippen LogP contribution in [0.15, 0.2) is 59.6 Å². The summed E-state index contributed by atoms with van der Waals surface area (Å²) in [5.74, 6) is 0.913. The van der Waals surface area contributed by atoms with Crippen LogP contribution in [0.25, 0.3) is 0 Å². The third-order valence-electron chi connectivity index (χ3n) is 5.53. The van der Waals surface area contributed by atoms with Gasteiger partial charge in [-0.25, -0.2) is 4.99 Å². The fraction of sp³-hybridized carbons (Fsp3) is 0.391. The van der Waals surface area contributed by atoms with E-state index in [-0.39, 0.29) is 12.5 Å². The summed E-state index contributed by atoms with van der Waals surface area (Å²) in [6, 6.07) is 18.5. The van der Waals surface area contributed by atoms with Crippen molar-refractivity contribution in [3.8, 4) is 0 Å². The van der Waals surface area contributed by atoms with E-state index in [0.29, 0.717) is 6.54 Å². The van der Waals surface area contributed by atoms with Gasteiger partial charge >= 0.3 is 0 Å². The number of nitrogens with one attached hydrogen (secondary N) is 1. The molecule has 5 heteroatoms. The molecular formula is C23H28N4O. The standard InChI is InChI=1S/C23H28N4O/c28-22(27-16-13-19-9-5-6-10-20(19)18-27)17-24-23(26-14-7-2-8-15-26)25-21-11-3-1-4-12-21/h1,3-6,9-12H,2,7-8,13-18H2,(H,24,25). The zero-order chi connectivity index (χ0) is 19.2. The van der Waals surface area contributed by atoms with Gasteiger partial charge in [0.25, 0.3) is 0 Å². The van der Waals surface area contributed by atoms with Crippen LogP contribution in [0, 0.1) is 0 Å². The average molecular weight is 377 g/mol. The molecule has 0 atom stereocenters. The van der Waals surface area contributed by atoms with Crippen LogP contribution in [0.4, 0.5) is 5.69 Å². The Kier molecular flexibility index (Phi) is 5.90. The second-order valence-electron chi connectivity index (χ2n) is 7.51. The average Bonchev–Trinajstić information content (AvgIpc) is 2.77. The molecule has 0 aliphatic carbocycles. The highest BCUT2D eigenvalue weighted by Gasteiger charge is 2.21. The molecular weight excluding hydrogens is 348 g/mol. The Labute approximate surface area is 167 Å². The first-order valence-electron chi connectivity index (χ1n) is 10.3. The van der Waals surface area contributed by atoms with Crippen molar-refractivity contribution in [2.75, 3.05) is 31.5 Å². The first-order valence-corrected chi connectivity index (χ1v) is 10.3. The summed E-state index contributed by atoms with van der Waals surface area (Å²) in [7, 11) is 0. The second kappa shape index (κ2) is 8.91. The smallest absolute Gasteiger partial charge is 0.244 e. The van der Waals surface area contributed by atoms with E-state index in [9.17, 15) is 4.79 Å². The molecule has 146 valence electrons. The molecule has 4 rings (SSSR count). The number of carbonyl (C=O) groups excluding carboxylic acids is 1. The van der Waals surface area contributed by atoms with Crippen molar-refractivity contribution in [3.05, 3.63) is 65.7 Å². The highest BCUT2D eigenvalue weighted by Crippen LogP contribution is 2.19. The van der Waals surface area contributed by atoms with Crippen molar-refractivity contribution < 1.29 is 4.79 Å². The van der Waals surface area contributed by atoms with E-state index in [0.717, 1.165) is 37.7 Å². The molecule has 2 aromatic carbocycles. The number of benzene rings is 2. The van der Waals surface area contributed by atoms with Gasteiger partial charge in [-0.2, -0.15) is 0 Å². The maximum Gasteiger partial charge on any atom is 0.244 e. The van der Waals surface area contributed by atoms with E-state index in [2.05, 4.69) is 28.4 Å². The third kappa shape index (κ3) is 4.53. The Morgan fingerprint density at radius 1 is 0.857 bits per heavy atom. The van der Waals surface area contributed by atoms with Crippen molar-refractivity contribution in [1.29, 1.82) is 0 Å². The Balaban J connectivity index is 1.44. The van der Waals surface area contributed by atoms with Crippen molar-refractivity contribution in [3.63, 3.8) is 0 Å². The van der Waals surface area contributed by atoms with Crippen LogP contribution >= 0.6 is 0 Å². The first kappa shape index (κ1) is 18.5. The van der Waals surface area contributed by atoms with Crippen molar-refractivity contribution in [2.24, 2.45) is 4.99 Å². The van der Waals surface area contributed by atoms with Crippen LogP contribution in [-0.4, -0.2) is 47.8 Å². The van der Waals surface area contributed by atoms with Crippen LogP contribution in [0.5, 0.6) is 0 Å². The predicted octanol–water partition coefficient (Wildman–Crippen LogP) is 3.53. The van der Waals surface area contributed by atoms with Gasteiger partial charge in [0.1, 0.15) is 6.54 Å². The number of amides is 1. The zero-order valence-corrected chi connectivity index (χ0v) is 16.3. The first-order chi connectivity index (χ1) is 13.8. The van der Waals surface area contributed by atoms with Gasteiger partial charge in [0.2, 0.25) is 5.91 Å². The number of guanidine groups is 1. The number of para-hydroxylation sites is 1. The minimum Gasteiger partial charge on any atom is -0.343 e. The summed E-state index contributed by atoms with van der Waals surface area (Å²) in [6.45, 7) is 3.63. The summed E-state index contributed by atoms with van der Waals surface area (Å²) in [5, 5.41) is 3.43. The molecule has 2 aromatic rings. The Morgan fingerprint density at radius 3 is 2.36 bits per heavy atom. The number of aliphatic imine (C=N–C) groups is 1. The normalized spacial score (nSPS) is 17.2. The number of piperidine rings is 1. The molecule has 1 N–H and O–H groups in total. The van der Waals surface area contributed by atoms with E-state index < -0.39 is 0 Å². The third-order valence-corrected chi connectivity index (χ3v) is 5.53. The van der Waals surface area contributed by atoms with Gasteiger partial charge in [-0.15, -0.1) is 0 Å². The van der Waals surface area contributed by atoms with Gasteiger partial charge in [0.15, 0.2) is 5.96 Å². The highest BCUT2D eigenvalue weighted by molar-refractivity contribution is 5.95. The molecule has 0 radical (unpaired) electrons. The van der Waals surface area contributed by atoms with Gasteiger partial charge < -0.3 is 15.1 Å². The molecule has 1 saturated heterocycles. The largest absolute Gasteiger partial charge is 0.343 e.